The Hall–Kier alpha value is -2.04. The van der Waals surface area contributed by atoms with E-state index < -0.39 is 5.41 Å². The molecule has 1 aromatic rings. The van der Waals surface area contributed by atoms with Crippen LogP contribution in [-0.2, 0) is 16.1 Å². The van der Waals surface area contributed by atoms with Gasteiger partial charge in [-0.2, -0.15) is 0 Å². The number of nitrogens with zero attached hydrogens (tertiary/aromatic N) is 1. The van der Waals surface area contributed by atoms with Crippen LogP contribution in [0.4, 0.5) is 0 Å². The summed E-state index contributed by atoms with van der Waals surface area (Å²) in [5, 5.41) is 3.14. The van der Waals surface area contributed by atoms with E-state index >= 15 is 0 Å². The first-order valence-corrected chi connectivity index (χ1v) is 9.82. The lowest BCUT2D eigenvalue weighted by Crippen LogP contribution is -2.60. The Labute approximate surface area is 156 Å². The first-order chi connectivity index (χ1) is 12.6. The van der Waals surface area contributed by atoms with Crippen molar-refractivity contribution in [3.05, 3.63) is 29.8 Å². The fourth-order valence-corrected chi connectivity index (χ4v) is 4.42. The average Bonchev–Trinajstić information content (AvgIpc) is 2.68. The zero-order chi connectivity index (χ0) is 18.6. The third-order valence-corrected chi connectivity index (χ3v) is 5.94. The Kier molecular flexibility index (Phi) is 5.84. The van der Waals surface area contributed by atoms with E-state index in [1.807, 2.05) is 36.2 Å². The molecule has 3 rings (SSSR count). The molecule has 5 nitrogen and oxygen atoms in total. The van der Waals surface area contributed by atoms with E-state index in [2.05, 4.69) is 12.2 Å². The molecule has 0 radical (unpaired) electrons. The van der Waals surface area contributed by atoms with E-state index in [-0.39, 0.29) is 17.9 Å². The van der Waals surface area contributed by atoms with Crippen LogP contribution in [0.15, 0.2) is 24.3 Å². The van der Waals surface area contributed by atoms with Gasteiger partial charge in [-0.05, 0) is 43.4 Å². The largest absolute Gasteiger partial charge is 0.494 e. The topological polar surface area (TPSA) is 58.6 Å². The molecule has 2 atom stereocenters. The number of likely N-dealkylation sites (tertiary alicyclic amines) is 1. The van der Waals surface area contributed by atoms with Crippen LogP contribution in [0.3, 0.4) is 0 Å². The number of hydrogen-bond donors (Lipinski definition) is 1. The molecule has 1 heterocycles. The summed E-state index contributed by atoms with van der Waals surface area (Å²) in [5.41, 5.74) is 0.650. The van der Waals surface area contributed by atoms with Gasteiger partial charge in [-0.15, -0.1) is 0 Å². The lowest BCUT2D eigenvalue weighted by Gasteiger charge is -2.50. The minimum Gasteiger partial charge on any atom is -0.494 e. The third kappa shape index (κ3) is 3.71. The molecule has 5 heteroatoms. The molecule has 0 spiro atoms. The first-order valence-electron chi connectivity index (χ1n) is 9.82. The normalized spacial score (nSPS) is 25.5. The molecule has 2 fully saturated rings. The fraction of sp³-hybridized carbons (Fsp3) is 0.619. The summed E-state index contributed by atoms with van der Waals surface area (Å²) in [6, 6.07) is 7.94. The molecule has 1 saturated carbocycles. The molecule has 0 bridgehead atoms. The van der Waals surface area contributed by atoms with Gasteiger partial charge in [0.15, 0.2) is 0 Å². The summed E-state index contributed by atoms with van der Waals surface area (Å²) in [4.78, 5) is 27.0. The second-order valence-electron chi connectivity index (χ2n) is 7.60. The average molecular weight is 358 g/mol. The Morgan fingerprint density at radius 2 is 2.04 bits per heavy atom. The van der Waals surface area contributed by atoms with Gasteiger partial charge in [-0.1, -0.05) is 31.9 Å². The highest BCUT2D eigenvalue weighted by Crippen LogP contribution is 2.46. The third-order valence-electron chi connectivity index (χ3n) is 5.94. The maximum absolute atomic E-state index is 13.1. The maximum atomic E-state index is 13.1. The van der Waals surface area contributed by atoms with Crippen LogP contribution in [0.1, 0.15) is 57.4 Å². The lowest BCUT2D eigenvalue weighted by atomic mass is 9.64. The van der Waals surface area contributed by atoms with Crippen molar-refractivity contribution in [3.8, 4) is 5.75 Å². The molecule has 2 aliphatic rings. The second kappa shape index (κ2) is 8.11. The number of fused-ring (bicyclic) bond motifs is 1. The van der Waals surface area contributed by atoms with Crippen molar-refractivity contribution in [2.75, 3.05) is 13.7 Å². The van der Waals surface area contributed by atoms with Gasteiger partial charge in [0.1, 0.15) is 5.75 Å². The van der Waals surface area contributed by atoms with Crippen LogP contribution in [0, 0.1) is 5.41 Å². The molecule has 142 valence electrons. The van der Waals surface area contributed by atoms with E-state index in [0.29, 0.717) is 26.0 Å². The standard InChI is InChI=1S/C21H30N2O3/c1-3-14-26-17-9-7-16(8-10-17)15-22-20(25)21-12-5-4-6-18(21)23(2)19(24)11-13-21/h7-10,18H,3-6,11-15H2,1-2H3,(H,22,25)/t18-,21-/m1/s1. The Morgan fingerprint density at radius 3 is 2.77 bits per heavy atom. The number of amides is 2. The number of benzene rings is 1. The molecule has 0 aromatic heterocycles. The first kappa shape index (κ1) is 18.7. The van der Waals surface area contributed by atoms with Crippen molar-refractivity contribution in [2.24, 2.45) is 5.41 Å². The highest BCUT2D eigenvalue weighted by molar-refractivity contribution is 5.87. The predicted molar refractivity (Wildman–Crippen MR) is 101 cm³/mol. The van der Waals surface area contributed by atoms with Crippen LogP contribution < -0.4 is 10.1 Å². The van der Waals surface area contributed by atoms with Crippen molar-refractivity contribution >= 4 is 11.8 Å². The van der Waals surface area contributed by atoms with Crippen LogP contribution in [0.2, 0.25) is 0 Å². The van der Waals surface area contributed by atoms with Gasteiger partial charge >= 0.3 is 0 Å². The van der Waals surface area contributed by atoms with E-state index in [9.17, 15) is 9.59 Å². The van der Waals surface area contributed by atoms with E-state index in [1.54, 1.807) is 0 Å². The number of hydrogen-bond acceptors (Lipinski definition) is 3. The molecule has 1 aromatic carbocycles. The van der Waals surface area contributed by atoms with Crippen LogP contribution in [-0.4, -0.2) is 36.4 Å². The van der Waals surface area contributed by atoms with Crippen LogP contribution in [0.5, 0.6) is 5.75 Å². The second-order valence-corrected chi connectivity index (χ2v) is 7.60. The zero-order valence-electron chi connectivity index (χ0n) is 15.9. The molecular weight excluding hydrogens is 328 g/mol. The van der Waals surface area contributed by atoms with Gasteiger partial charge < -0.3 is 15.0 Å². The molecule has 1 N–H and O–H groups in total. The van der Waals surface area contributed by atoms with Crippen molar-refractivity contribution in [1.29, 1.82) is 0 Å². The van der Waals surface area contributed by atoms with Gasteiger partial charge in [-0.3, -0.25) is 9.59 Å². The molecular formula is C21H30N2O3. The highest BCUT2D eigenvalue weighted by atomic mass is 16.5. The summed E-state index contributed by atoms with van der Waals surface area (Å²) in [6.45, 7) is 3.31. The number of carbonyl (C=O) groups excluding carboxylic acids is 2. The molecule has 1 aliphatic heterocycles. The monoisotopic (exact) mass is 358 g/mol. The van der Waals surface area contributed by atoms with Crippen LogP contribution >= 0.6 is 0 Å². The minimum absolute atomic E-state index is 0.0438. The fourth-order valence-electron chi connectivity index (χ4n) is 4.42. The Bertz CT molecular complexity index is 643. The van der Waals surface area contributed by atoms with E-state index in [0.717, 1.165) is 43.4 Å². The molecule has 26 heavy (non-hydrogen) atoms. The van der Waals surface area contributed by atoms with Crippen molar-refractivity contribution < 1.29 is 14.3 Å². The van der Waals surface area contributed by atoms with Gasteiger partial charge in [0, 0.05) is 26.1 Å². The van der Waals surface area contributed by atoms with Crippen molar-refractivity contribution in [2.45, 2.75) is 64.5 Å². The summed E-state index contributed by atoms with van der Waals surface area (Å²) in [6.07, 6.45) is 6.11. The highest BCUT2D eigenvalue weighted by Gasteiger charge is 2.52. The van der Waals surface area contributed by atoms with Gasteiger partial charge in [0.2, 0.25) is 11.8 Å². The van der Waals surface area contributed by atoms with Gasteiger partial charge in [0.05, 0.1) is 12.0 Å². The number of rotatable bonds is 6. The quantitative estimate of drug-likeness (QED) is 0.849. The number of carbonyl (C=O) groups is 2. The maximum Gasteiger partial charge on any atom is 0.228 e. The molecule has 0 unspecified atom stereocenters. The number of ether oxygens (including phenoxy) is 1. The van der Waals surface area contributed by atoms with Crippen molar-refractivity contribution in [1.82, 2.24) is 10.2 Å². The van der Waals surface area contributed by atoms with E-state index in [4.69, 9.17) is 4.74 Å². The smallest absolute Gasteiger partial charge is 0.228 e. The zero-order valence-corrected chi connectivity index (χ0v) is 15.9. The summed E-state index contributed by atoms with van der Waals surface area (Å²) in [5.74, 6) is 1.14. The minimum atomic E-state index is -0.412. The SMILES string of the molecule is CCCOc1ccc(CNC(=O)[C@@]23CCCC[C@H]2N(C)C(=O)CC3)cc1. The van der Waals surface area contributed by atoms with Gasteiger partial charge in [-0.25, -0.2) is 0 Å². The summed E-state index contributed by atoms with van der Waals surface area (Å²) >= 11 is 0. The summed E-state index contributed by atoms with van der Waals surface area (Å²) in [7, 11) is 1.86. The molecule has 1 saturated heterocycles. The Morgan fingerprint density at radius 1 is 1.27 bits per heavy atom. The summed E-state index contributed by atoms with van der Waals surface area (Å²) < 4.78 is 5.60. The number of piperidine rings is 1. The van der Waals surface area contributed by atoms with Gasteiger partial charge in [0.25, 0.3) is 0 Å². The number of nitrogens with one attached hydrogen (secondary N) is 1. The molecule has 1 aliphatic carbocycles. The van der Waals surface area contributed by atoms with Crippen LogP contribution in [0.25, 0.3) is 0 Å². The van der Waals surface area contributed by atoms with Crippen molar-refractivity contribution in [3.63, 3.8) is 0 Å². The molecule has 2 amide bonds. The lowest BCUT2D eigenvalue weighted by molar-refractivity contribution is -0.153. The Balaban J connectivity index is 1.64. The predicted octanol–water partition coefficient (Wildman–Crippen LogP) is 3.27. The van der Waals surface area contributed by atoms with E-state index in [1.165, 1.54) is 0 Å².